The van der Waals surface area contributed by atoms with Gasteiger partial charge in [-0.25, -0.2) is 4.79 Å². The molecule has 0 spiro atoms. The number of ether oxygens (including phenoxy) is 1. The summed E-state index contributed by atoms with van der Waals surface area (Å²) in [6, 6.07) is 11.5. The fraction of sp³-hybridized carbons (Fsp3) is 0.286. The van der Waals surface area contributed by atoms with Crippen molar-refractivity contribution < 1.29 is 9.53 Å². The Labute approximate surface area is 163 Å². The van der Waals surface area contributed by atoms with Crippen LogP contribution in [0.15, 0.2) is 48.6 Å². The van der Waals surface area contributed by atoms with E-state index < -0.39 is 0 Å². The number of hydrogen-bond acceptors (Lipinski definition) is 3. The second kappa shape index (κ2) is 6.98. The smallest absolute Gasteiger partial charge is 0.338 e. The maximum absolute atomic E-state index is 12.1. The van der Waals surface area contributed by atoms with Crippen molar-refractivity contribution in [2.24, 2.45) is 5.92 Å². The molecule has 0 fully saturated rings. The van der Waals surface area contributed by atoms with E-state index in [1.54, 1.807) is 12.1 Å². The highest BCUT2D eigenvalue weighted by Crippen LogP contribution is 2.51. The minimum Gasteiger partial charge on any atom is -0.462 e. The van der Waals surface area contributed by atoms with Crippen molar-refractivity contribution in [2.75, 3.05) is 11.9 Å². The van der Waals surface area contributed by atoms with Crippen LogP contribution in [0.2, 0.25) is 10.0 Å². The van der Waals surface area contributed by atoms with E-state index in [1.165, 1.54) is 0 Å². The van der Waals surface area contributed by atoms with E-state index in [9.17, 15) is 4.79 Å². The van der Waals surface area contributed by atoms with Crippen molar-refractivity contribution in [1.29, 1.82) is 0 Å². The Bertz CT molecular complexity index is 894. The van der Waals surface area contributed by atoms with Gasteiger partial charge in [0.2, 0.25) is 0 Å². The fourth-order valence-electron chi connectivity index (χ4n) is 4.00. The average Bonchev–Trinajstić information content (AvgIpc) is 3.13. The van der Waals surface area contributed by atoms with Crippen molar-refractivity contribution in [1.82, 2.24) is 0 Å². The quantitative estimate of drug-likeness (QED) is 0.518. The normalized spacial score (nSPS) is 23.1. The van der Waals surface area contributed by atoms with Crippen molar-refractivity contribution in [3.8, 4) is 0 Å². The van der Waals surface area contributed by atoms with Gasteiger partial charge < -0.3 is 10.1 Å². The molecule has 3 nitrogen and oxygen atoms in total. The van der Waals surface area contributed by atoms with Gasteiger partial charge in [-0.05, 0) is 54.7 Å². The molecule has 2 aliphatic rings. The zero-order chi connectivity index (χ0) is 18.3. The monoisotopic (exact) mass is 387 g/mol. The van der Waals surface area contributed by atoms with Gasteiger partial charge >= 0.3 is 5.97 Å². The first kappa shape index (κ1) is 17.4. The minimum atomic E-state index is -0.283. The Hall–Kier alpha value is -1.97. The lowest BCUT2D eigenvalue weighted by atomic mass is 9.76. The van der Waals surface area contributed by atoms with E-state index in [4.69, 9.17) is 27.9 Å². The standard InChI is InChI=1S/C21H19Cl2NO2/c1-2-26-21(25)12-9-10-18-16(11-12)13-5-3-6-14(13)20(24-18)15-7-4-8-17(22)19(15)23/h3-5,7-11,13-14,20,24H,2,6H2,1H3. The van der Waals surface area contributed by atoms with Gasteiger partial charge in [0.15, 0.2) is 0 Å². The molecule has 0 amide bonds. The van der Waals surface area contributed by atoms with Gasteiger partial charge in [-0.15, -0.1) is 0 Å². The van der Waals surface area contributed by atoms with Gasteiger partial charge in [0.25, 0.3) is 0 Å². The number of allylic oxidation sites excluding steroid dienone is 2. The Morgan fingerprint density at radius 2 is 2.08 bits per heavy atom. The SMILES string of the molecule is CCOC(=O)c1ccc2c(c1)C1C=CCC1C(c1cccc(Cl)c1Cl)N2. The summed E-state index contributed by atoms with van der Waals surface area (Å²) >= 11 is 12.7. The zero-order valence-electron chi connectivity index (χ0n) is 14.3. The van der Waals surface area contributed by atoms with Gasteiger partial charge in [0.1, 0.15) is 0 Å². The van der Waals surface area contributed by atoms with Crippen LogP contribution in [-0.4, -0.2) is 12.6 Å². The van der Waals surface area contributed by atoms with Crippen LogP contribution in [-0.2, 0) is 4.74 Å². The molecule has 3 unspecified atom stereocenters. The predicted molar refractivity (Wildman–Crippen MR) is 105 cm³/mol. The van der Waals surface area contributed by atoms with Gasteiger partial charge in [0.05, 0.1) is 28.3 Å². The molecule has 0 saturated heterocycles. The lowest BCUT2D eigenvalue weighted by Crippen LogP contribution is -2.29. The lowest BCUT2D eigenvalue weighted by Gasteiger charge is -2.38. The molecule has 1 N–H and O–H groups in total. The van der Waals surface area contributed by atoms with Crippen LogP contribution in [0.4, 0.5) is 5.69 Å². The van der Waals surface area contributed by atoms with Crippen LogP contribution in [0.3, 0.4) is 0 Å². The van der Waals surface area contributed by atoms with Gasteiger partial charge in [-0.3, -0.25) is 0 Å². The first-order valence-electron chi connectivity index (χ1n) is 8.78. The Morgan fingerprint density at radius 1 is 1.23 bits per heavy atom. The fourth-order valence-corrected chi connectivity index (χ4v) is 4.43. The van der Waals surface area contributed by atoms with Gasteiger partial charge in [-0.2, -0.15) is 0 Å². The highest BCUT2D eigenvalue weighted by atomic mass is 35.5. The molecule has 4 rings (SSSR count). The topological polar surface area (TPSA) is 38.3 Å². The van der Waals surface area contributed by atoms with E-state index in [0.717, 1.165) is 23.2 Å². The molecule has 26 heavy (non-hydrogen) atoms. The molecule has 1 aliphatic heterocycles. The molecular weight excluding hydrogens is 369 g/mol. The van der Waals surface area contributed by atoms with Crippen molar-refractivity contribution in [3.05, 3.63) is 75.3 Å². The van der Waals surface area contributed by atoms with Crippen molar-refractivity contribution >= 4 is 34.9 Å². The first-order chi connectivity index (χ1) is 12.6. The van der Waals surface area contributed by atoms with Crippen molar-refractivity contribution in [2.45, 2.75) is 25.3 Å². The summed E-state index contributed by atoms with van der Waals surface area (Å²) in [7, 11) is 0. The Morgan fingerprint density at radius 3 is 2.88 bits per heavy atom. The molecular formula is C21H19Cl2NO2. The number of hydrogen-bond donors (Lipinski definition) is 1. The van der Waals surface area contributed by atoms with E-state index in [2.05, 4.69) is 17.5 Å². The zero-order valence-corrected chi connectivity index (χ0v) is 15.8. The number of halogens is 2. The number of benzene rings is 2. The van der Waals surface area contributed by atoms with E-state index in [0.29, 0.717) is 28.1 Å². The molecule has 5 heteroatoms. The molecule has 1 aliphatic carbocycles. The summed E-state index contributed by atoms with van der Waals surface area (Å²) in [5.74, 6) is 0.283. The molecule has 0 saturated carbocycles. The third-order valence-corrected chi connectivity index (χ3v) is 6.02. The number of rotatable bonds is 3. The van der Waals surface area contributed by atoms with Gasteiger partial charge in [0, 0.05) is 11.6 Å². The molecule has 2 aromatic rings. The van der Waals surface area contributed by atoms with Crippen LogP contribution in [0, 0.1) is 5.92 Å². The predicted octanol–water partition coefficient (Wildman–Crippen LogP) is 6.00. The van der Waals surface area contributed by atoms with Crippen molar-refractivity contribution in [3.63, 3.8) is 0 Å². The Kier molecular flexibility index (Phi) is 4.68. The summed E-state index contributed by atoms with van der Waals surface area (Å²) in [5, 5.41) is 4.78. The minimum absolute atomic E-state index is 0.0714. The lowest BCUT2D eigenvalue weighted by molar-refractivity contribution is 0.0526. The summed E-state index contributed by atoms with van der Waals surface area (Å²) in [6.07, 6.45) is 5.38. The number of carbonyl (C=O) groups is 1. The molecule has 0 aromatic heterocycles. The Balaban J connectivity index is 1.75. The number of nitrogens with one attached hydrogen (secondary N) is 1. The number of fused-ring (bicyclic) bond motifs is 3. The first-order valence-corrected chi connectivity index (χ1v) is 9.54. The highest BCUT2D eigenvalue weighted by Gasteiger charge is 2.39. The molecule has 1 heterocycles. The van der Waals surface area contributed by atoms with Crippen LogP contribution < -0.4 is 5.32 Å². The summed E-state index contributed by atoms with van der Waals surface area (Å²) in [4.78, 5) is 12.1. The summed E-state index contributed by atoms with van der Waals surface area (Å²) < 4.78 is 5.14. The molecule has 134 valence electrons. The maximum Gasteiger partial charge on any atom is 0.338 e. The number of anilines is 1. The third-order valence-electron chi connectivity index (χ3n) is 5.19. The number of esters is 1. The second-order valence-corrected chi connectivity index (χ2v) is 7.43. The van der Waals surface area contributed by atoms with E-state index >= 15 is 0 Å². The molecule has 0 bridgehead atoms. The van der Waals surface area contributed by atoms with Crippen LogP contribution in [0.1, 0.15) is 46.8 Å². The molecule has 0 radical (unpaired) electrons. The summed E-state index contributed by atoms with van der Waals surface area (Å²) in [6.45, 7) is 2.18. The third kappa shape index (κ3) is 2.89. The average molecular weight is 388 g/mol. The second-order valence-electron chi connectivity index (χ2n) is 6.64. The van der Waals surface area contributed by atoms with Crippen LogP contribution >= 0.6 is 23.2 Å². The van der Waals surface area contributed by atoms with E-state index in [1.807, 2.05) is 31.2 Å². The molecule has 3 atom stereocenters. The van der Waals surface area contributed by atoms with Gasteiger partial charge in [-0.1, -0.05) is 47.5 Å². The highest BCUT2D eigenvalue weighted by molar-refractivity contribution is 6.42. The maximum atomic E-state index is 12.1. The summed E-state index contributed by atoms with van der Waals surface area (Å²) in [5.41, 5.74) is 3.75. The molecule has 2 aromatic carbocycles. The van der Waals surface area contributed by atoms with Crippen LogP contribution in [0.25, 0.3) is 0 Å². The van der Waals surface area contributed by atoms with E-state index in [-0.39, 0.29) is 17.9 Å². The van der Waals surface area contributed by atoms with Crippen LogP contribution in [0.5, 0.6) is 0 Å². The number of carbonyl (C=O) groups excluding carboxylic acids is 1. The largest absolute Gasteiger partial charge is 0.462 e.